The molecular weight excluding hydrogens is 316 g/mol. The number of nitrogens with zero attached hydrogens (tertiary/aromatic N) is 1. The Hall–Kier alpha value is -1.62. The van der Waals surface area contributed by atoms with E-state index in [-0.39, 0.29) is 28.3 Å². The van der Waals surface area contributed by atoms with Gasteiger partial charge in [0.1, 0.15) is 4.90 Å². The van der Waals surface area contributed by atoms with Crippen molar-refractivity contribution in [3.8, 4) is 6.07 Å². The molecule has 0 saturated carbocycles. The SMILES string of the molecule is CC(C)(CCC(=O)O)NS(=O)(=O)c1cc(C#N)ccc1Cl. The van der Waals surface area contributed by atoms with Crippen LogP contribution in [0.3, 0.4) is 0 Å². The Morgan fingerprint density at radius 1 is 1.48 bits per heavy atom. The molecule has 0 saturated heterocycles. The zero-order valence-corrected chi connectivity index (χ0v) is 13.1. The normalized spacial score (nSPS) is 11.9. The number of nitrogens with one attached hydrogen (secondary N) is 1. The first-order chi connectivity index (χ1) is 9.57. The Labute approximate surface area is 128 Å². The first-order valence-electron chi connectivity index (χ1n) is 6.03. The quantitative estimate of drug-likeness (QED) is 0.830. The first-order valence-corrected chi connectivity index (χ1v) is 7.89. The van der Waals surface area contributed by atoms with Gasteiger partial charge in [0.15, 0.2) is 0 Å². The molecule has 6 nitrogen and oxygen atoms in total. The van der Waals surface area contributed by atoms with E-state index in [0.717, 1.165) is 0 Å². The van der Waals surface area contributed by atoms with Crippen LogP contribution in [0, 0.1) is 11.3 Å². The maximum Gasteiger partial charge on any atom is 0.303 e. The van der Waals surface area contributed by atoms with Crippen LogP contribution in [0.25, 0.3) is 0 Å². The van der Waals surface area contributed by atoms with E-state index in [1.807, 2.05) is 6.07 Å². The number of carbonyl (C=O) groups is 1. The van der Waals surface area contributed by atoms with Crippen LogP contribution in [0.2, 0.25) is 5.02 Å². The van der Waals surface area contributed by atoms with Gasteiger partial charge in [0.25, 0.3) is 0 Å². The van der Waals surface area contributed by atoms with Gasteiger partial charge in [0, 0.05) is 12.0 Å². The lowest BCUT2D eigenvalue weighted by Gasteiger charge is -2.25. The fourth-order valence-electron chi connectivity index (χ4n) is 1.67. The monoisotopic (exact) mass is 330 g/mol. The van der Waals surface area contributed by atoms with Gasteiger partial charge in [-0.3, -0.25) is 4.79 Å². The van der Waals surface area contributed by atoms with Crippen LogP contribution in [0.4, 0.5) is 0 Å². The third-order valence-corrected chi connectivity index (χ3v) is 4.90. The molecule has 0 fully saturated rings. The third kappa shape index (κ3) is 5.01. The molecule has 1 aromatic rings. The molecular formula is C13H15ClN2O4S. The fraction of sp³-hybridized carbons (Fsp3) is 0.385. The van der Waals surface area contributed by atoms with Gasteiger partial charge in [0.2, 0.25) is 10.0 Å². The van der Waals surface area contributed by atoms with Gasteiger partial charge < -0.3 is 5.11 Å². The van der Waals surface area contributed by atoms with Gasteiger partial charge in [-0.2, -0.15) is 5.26 Å². The average molecular weight is 331 g/mol. The number of halogens is 1. The predicted octanol–water partition coefficient (Wildman–Crippen LogP) is 2.13. The molecule has 114 valence electrons. The number of hydrogen-bond donors (Lipinski definition) is 2. The van der Waals surface area contributed by atoms with Gasteiger partial charge in [-0.05, 0) is 38.5 Å². The summed E-state index contributed by atoms with van der Waals surface area (Å²) in [5, 5.41) is 17.5. The molecule has 2 N–H and O–H groups in total. The maximum atomic E-state index is 12.3. The molecule has 0 amide bonds. The number of aliphatic carboxylic acids is 1. The van der Waals surface area contributed by atoms with Crippen LogP contribution in [0.15, 0.2) is 23.1 Å². The third-order valence-electron chi connectivity index (χ3n) is 2.72. The molecule has 0 aliphatic heterocycles. The number of carboxylic acids is 1. The number of sulfonamides is 1. The smallest absolute Gasteiger partial charge is 0.303 e. The average Bonchev–Trinajstić information content (AvgIpc) is 2.35. The Morgan fingerprint density at radius 2 is 2.10 bits per heavy atom. The summed E-state index contributed by atoms with van der Waals surface area (Å²) in [6.07, 6.45) is -0.0430. The van der Waals surface area contributed by atoms with Crippen molar-refractivity contribution in [2.75, 3.05) is 0 Å². The number of benzene rings is 1. The van der Waals surface area contributed by atoms with Gasteiger partial charge in [-0.1, -0.05) is 11.6 Å². The van der Waals surface area contributed by atoms with Crippen molar-refractivity contribution < 1.29 is 18.3 Å². The number of rotatable bonds is 6. The molecule has 21 heavy (non-hydrogen) atoms. The lowest BCUT2D eigenvalue weighted by molar-refractivity contribution is -0.137. The predicted molar refractivity (Wildman–Crippen MR) is 77.4 cm³/mol. The Kier molecular flexibility index (Phi) is 5.34. The van der Waals surface area contributed by atoms with Gasteiger partial charge >= 0.3 is 5.97 Å². The van der Waals surface area contributed by atoms with Crippen LogP contribution in [-0.2, 0) is 14.8 Å². The summed E-state index contributed by atoms with van der Waals surface area (Å²) < 4.78 is 27.1. The summed E-state index contributed by atoms with van der Waals surface area (Å²) in [5.41, 5.74) is -0.786. The minimum absolute atomic E-state index is 0.00413. The second-order valence-electron chi connectivity index (χ2n) is 5.14. The molecule has 0 unspecified atom stereocenters. The minimum Gasteiger partial charge on any atom is -0.481 e. The molecule has 0 spiro atoms. The Balaban J connectivity index is 3.07. The largest absolute Gasteiger partial charge is 0.481 e. The molecule has 0 atom stereocenters. The van der Waals surface area contributed by atoms with Crippen LogP contribution in [0.5, 0.6) is 0 Å². The number of hydrogen-bond acceptors (Lipinski definition) is 4. The van der Waals surface area contributed by atoms with E-state index in [9.17, 15) is 13.2 Å². The van der Waals surface area contributed by atoms with Crippen molar-refractivity contribution in [1.29, 1.82) is 5.26 Å². The first kappa shape index (κ1) is 17.4. The molecule has 0 aliphatic rings. The summed E-state index contributed by atoms with van der Waals surface area (Å²) in [6.45, 7) is 3.16. The highest BCUT2D eigenvalue weighted by Crippen LogP contribution is 2.24. The number of carboxylic acid groups (broad SMARTS) is 1. The Morgan fingerprint density at radius 3 is 2.62 bits per heavy atom. The summed E-state index contributed by atoms with van der Waals surface area (Å²) in [4.78, 5) is 10.4. The van der Waals surface area contributed by atoms with Crippen molar-refractivity contribution in [1.82, 2.24) is 4.72 Å². The molecule has 0 aromatic heterocycles. The maximum absolute atomic E-state index is 12.3. The van der Waals surface area contributed by atoms with Crippen LogP contribution in [-0.4, -0.2) is 25.0 Å². The van der Waals surface area contributed by atoms with Crippen molar-refractivity contribution in [3.05, 3.63) is 28.8 Å². The number of nitriles is 1. The van der Waals surface area contributed by atoms with Gasteiger partial charge in [-0.25, -0.2) is 13.1 Å². The standard InChI is InChI=1S/C13H15ClN2O4S/c1-13(2,6-5-12(17)18)16-21(19,20)11-7-9(8-15)3-4-10(11)14/h3-4,7,16H,5-6H2,1-2H3,(H,17,18). The highest BCUT2D eigenvalue weighted by molar-refractivity contribution is 7.89. The Bertz CT molecular complexity index is 693. The summed E-state index contributed by atoms with van der Waals surface area (Å²) in [5.74, 6) is -1.01. The summed E-state index contributed by atoms with van der Waals surface area (Å²) >= 11 is 5.87. The van der Waals surface area contributed by atoms with Crippen LogP contribution in [0.1, 0.15) is 32.3 Å². The molecule has 0 bridgehead atoms. The van der Waals surface area contributed by atoms with Crippen LogP contribution < -0.4 is 4.72 Å². The van der Waals surface area contributed by atoms with E-state index in [1.54, 1.807) is 13.8 Å². The lowest BCUT2D eigenvalue weighted by atomic mass is 10.0. The zero-order valence-electron chi connectivity index (χ0n) is 11.6. The summed E-state index contributed by atoms with van der Waals surface area (Å²) in [7, 11) is -3.96. The van der Waals surface area contributed by atoms with Crippen molar-refractivity contribution in [3.63, 3.8) is 0 Å². The second-order valence-corrected chi connectivity index (χ2v) is 7.20. The van der Waals surface area contributed by atoms with Crippen molar-refractivity contribution in [2.24, 2.45) is 0 Å². The lowest BCUT2D eigenvalue weighted by Crippen LogP contribution is -2.43. The zero-order chi connectivity index (χ0) is 16.3. The molecule has 1 aromatic carbocycles. The summed E-state index contributed by atoms with van der Waals surface area (Å²) in [6, 6.07) is 5.77. The molecule has 0 heterocycles. The molecule has 0 aliphatic carbocycles. The van der Waals surface area contributed by atoms with Gasteiger partial charge in [-0.15, -0.1) is 0 Å². The van der Waals surface area contributed by atoms with Crippen molar-refractivity contribution >= 4 is 27.6 Å². The van der Waals surface area contributed by atoms with E-state index in [0.29, 0.717) is 0 Å². The van der Waals surface area contributed by atoms with Crippen molar-refractivity contribution in [2.45, 2.75) is 37.1 Å². The minimum atomic E-state index is -3.96. The van der Waals surface area contributed by atoms with Gasteiger partial charge in [0.05, 0.1) is 16.7 Å². The van der Waals surface area contributed by atoms with E-state index >= 15 is 0 Å². The molecule has 8 heteroatoms. The van der Waals surface area contributed by atoms with E-state index in [2.05, 4.69) is 4.72 Å². The van der Waals surface area contributed by atoms with E-state index < -0.39 is 21.5 Å². The van der Waals surface area contributed by atoms with Crippen LogP contribution >= 0.6 is 11.6 Å². The highest BCUT2D eigenvalue weighted by Gasteiger charge is 2.28. The molecule has 0 radical (unpaired) electrons. The van der Waals surface area contributed by atoms with E-state index in [1.165, 1.54) is 18.2 Å². The highest BCUT2D eigenvalue weighted by atomic mass is 35.5. The topological polar surface area (TPSA) is 107 Å². The van der Waals surface area contributed by atoms with E-state index in [4.69, 9.17) is 22.0 Å². The fourth-order valence-corrected chi connectivity index (χ4v) is 3.64. The molecule has 1 rings (SSSR count). The second kappa shape index (κ2) is 6.43.